The van der Waals surface area contributed by atoms with E-state index in [9.17, 15) is 30.0 Å². The quantitative estimate of drug-likeness (QED) is 0.263. The number of esters is 2. The van der Waals surface area contributed by atoms with Crippen molar-refractivity contribution in [2.75, 3.05) is 48.6 Å². The Morgan fingerprint density at radius 2 is 1.67 bits per heavy atom. The van der Waals surface area contributed by atoms with Gasteiger partial charge in [-0.05, 0) is 19.2 Å². The number of hydrogen-bond donors (Lipinski definition) is 4. The lowest BCUT2D eigenvalue weighted by atomic mass is 9.40. The molecule has 1 aliphatic heterocycles. The van der Waals surface area contributed by atoms with Crippen molar-refractivity contribution in [1.82, 2.24) is 4.90 Å². The second kappa shape index (κ2) is 10.4. The van der Waals surface area contributed by atoms with Crippen molar-refractivity contribution in [2.45, 2.75) is 79.2 Å². The molecule has 1 aromatic rings. The number of likely N-dealkylation sites (tertiary alicyclic amines) is 1. The molecule has 3 unspecified atom stereocenters. The maximum atomic E-state index is 13.7. The number of carbonyl (C=O) groups is 2. The molecule has 5 saturated carbocycles. The van der Waals surface area contributed by atoms with E-state index in [2.05, 4.69) is 0 Å². The number of rotatable bonds is 8. The molecule has 1 aromatic carbocycles. The molecule has 5 aliphatic carbocycles. The van der Waals surface area contributed by atoms with Crippen molar-refractivity contribution in [3.8, 4) is 0 Å². The minimum absolute atomic E-state index is 0.113. The number of benzene rings is 1. The molecule has 15 atom stereocenters. The lowest BCUT2D eigenvalue weighted by Gasteiger charge is -2.72. The summed E-state index contributed by atoms with van der Waals surface area (Å²) in [4.78, 5) is 28.9. The van der Waals surface area contributed by atoms with Crippen molar-refractivity contribution in [3.05, 3.63) is 35.9 Å². The van der Waals surface area contributed by atoms with E-state index in [4.69, 9.17) is 28.4 Å². The zero-order chi connectivity index (χ0) is 33.2. The van der Waals surface area contributed by atoms with E-state index in [1.54, 1.807) is 37.4 Å². The van der Waals surface area contributed by atoms with Crippen LogP contribution in [0.1, 0.15) is 30.1 Å². The predicted molar refractivity (Wildman–Crippen MR) is 157 cm³/mol. The fourth-order valence-electron chi connectivity index (χ4n) is 12.2. The molecule has 0 aromatic heterocycles. The Labute approximate surface area is 267 Å². The van der Waals surface area contributed by atoms with Gasteiger partial charge in [0.1, 0.15) is 23.9 Å². The summed E-state index contributed by atoms with van der Waals surface area (Å²) in [6.07, 6.45) is -7.39. The molecule has 254 valence electrons. The van der Waals surface area contributed by atoms with Crippen LogP contribution < -0.4 is 0 Å². The van der Waals surface area contributed by atoms with Gasteiger partial charge in [0.05, 0.1) is 42.0 Å². The Kier molecular flexibility index (Phi) is 7.31. The minimum atomic E-state index is -2.12. The summed E-state index contributed by atoms with van der Waals surface area (Å²) in [5, 5.41) is 50.8. The smallest absolute Gasteiger partial charge is 0.338 e. The first kappa shape index (κ1) is 32.4. The number of piperidine rings is 1. The highest BCUT2D eigenvalue weighted by molar-refractivity contribution is 5.89. The molecule has 46 heavy (non-hydrogen) atoms. The maximum absolute atomic E-state index is 13.7. The van der Waals surface area contributed by atoms with E-state index in [1.807, 2.05) is 11.9 Å². The third-order valence-electron chi connectivity index (χ3n) is 12.9. The van der Waals surface area contributed by atoms with Gasteiger partial charge in [-0.3, -0.25) is 4.79 Å². The van der Waals surface area contributed by atoms with E-state index in [0.29, 0.717) is 6.54 Å². The molecule has 1 heterocycles. The second-order valence-electron chi connectivity index (χ2n) is 14.4. The first-order valence-corrected chi connectivity index (χ1v) is 15.9. The lowest BCUT2D eigenvalue weighted by Crippen LogP contribution is -2.85. The van der Waals surface area contributed by atoms with Crippen LogP contribution in [-0.4, -0.2) is 145 Å². The van der Waals surface area contributed by atoms with E-state index < -0.39 is 106 Å². The van der Waals surface area contributed by atoms with Gasteiger partial charge < -0.3 is 53.7 Å². The summed E-state index contributed by atoms with van der Waals surface area (Å²) >= 11 is 0. The largest absolute Gasteiger partial charge is 0.455 e. The number of hydrogen-bond acceptors (Lipinski definition) is 13. The van der Waals surface area contributed by atoms with Gasteiger partial charge in [0.25, 0.3) is 0 Å². The molecule has 1 spiro atoms. The van der Waals surface area contributed by atoms with Crippen molar-refractivity contribution < 1.29 is 58.4 Å². The first-order valence-electron chi connectivity index (χ1n) is 15.9. The molecule has 7 bridgehead atoms. The summed E-state index contributed by atoms with van der Waals surface area (Å²) in [5.74, 6) is -4.35. The Morgan fingerprint density at radius 1 is 0.978 bits per heavy atom. The highest BCUT2D eigenvalue weighted by Crippen LogP contribution is 2.81. The van der Waals surface area contributed by atoms with Crippen LogP contribution in [0, 0.1) is 28.6 Å². The molecule has 13 heteroatoms. The van der Waals surface area contributed by atoms with Gasteiger partial charge in [-0.25, -0.2) is 4.79 Å². The van der Waals surface area contributed by atoms with Gasteiger partial charge in [-0.2, -0.15) is 0 Å². The van der Waals surface area contributed by atoms with Gasteiger partial charge >= 0.3 is 11.9 Å². The molecule has 13 nitrogen and oxygen atoms in total. The molecule has 6 fully saturated rings. The number of methoxy groups -OCH3 is 4. The molecular weight excluding hydrogens is 602 g/mol. The van der Waals surface area contributed by atoms with Gasteiger partial charge in [-0.15, -0.1) is 0 Å². The average molecular weight is 648 g/mol. The zero-order valence-electron chi connectivity index (χ0n) is 27.0. The summed E-state index contributed by atoms with van der Waals surface area (Å²) in [7, 11) is 7.77. The number of aliphatic hydroxyl groups excluding tert-OH is 2. The van der Waals surface area contributed by atoms with Crippen LogP contribution in [-0.2, 0) is 33.2 Å². The van der Waals surface area contributed by atoms with Crippen LogP contribution in [0.5, 0.6) is 0 Å². The number of fused-ring (bicyclic) bond motifs is 2. The highest BCUT2D eigenvalue weighted by atomic mass is 16.6. The van der Waals surface area contributed by atoms with Crippen LogP contribution in [0.25, 0.3) is 0 Å². The standard InChI is InChI=1S/C33H45NO12/c1-16(35)46-33-20-21(43-5)22-29(15-41-3)14-34(2)24(20)32(22,19(42-4)12-18(29)36)31(40)13-30(39,27(44-6)25(33)37)26(23(31)33)45-28(38)17-10-8-7-9-11-17/h7-11,18-27,36-37,39-40H,12-15H2,1-6H3/t18-,19+,20?,21+,22-,23+,24?,25+,26-,27+,29+,30-,31+,32?,33+/m1/s1. The van der Waals surface area contributed by atoms with Crippen molar-refractivity contribution >= 4 is 11.9 Å². The summed E-state index contributed by atoms with van der Waals surface area (Å²) < 4.78 is 36.7. The van der Waals surface area contributed by atoms with Gasteiger partial charge in [0.15, 0.2) is 5.60 Å². The maximum Gasteiger partial charge on any atom is 0.338 e. The zero-order valence-corrected chi connectivity index (χ0v) is 27.0. The number of nitrogens with zero attached hydrogens (tertiary/aromatic N) is 1. The summed E-state index contributed by atoms with van der Waals surface area (Å²) in [5.41, 5.74) is -8.16. The number of aliphatic hydroxyl groups is 4. The Balaban J connectivity index is 1.56. The first-order chi connectivity index (χ1) is 21.8. The SMILES string of the molecule is COC[C@]12CN(C)C3C4[C@H](OC)[C@H]1C3([C@@H](OC)C[C@H]2O)[C@]1(O)C[C@@]2(O)[C@H](OC(=O)c3ccccc3)[C@@H]1[C@]4(OC(C)=O)[C@@H](O)[C@@H]2OC. The number of carbonyl (C=O) groups excluding carboxylic acids is 2. The Bertz CT molecular complexity index is 1400. The van der Waals surface area contributed by atoms with Crippen LogP contribution in [0.15, 0.2) is 30.3 Å². The van der Waals surface area contributed by atoms with Crippen LogP contribution in [0.3, 0.4) is 0 Å². The topological polar surface area (TPSA) is 174 Å². The fourth-order valence-corrected chi connectivity index (χ4v) is 12.2. The monoisotopic (exact) mass is 647 g/mol. The molecule has 6 aliphatic rings. The van der Waals surface area contributed by atoms with Crippen molar-refractivity contribution in [3.63, 3.8) is 0 Å². The summed E-state index contributed by atoms with van der Waals surface area (Å²) in [6.45, 7) is 1.68. The minimum Gasteiger partial charge on any atom is -0.455 e. The fraction of sp³-hybridized carbons (Fsp3) is 0.758. The normalized spacial score (nSPS) is 51.5. The molecular formula is C33H45NO12. The van der Waals surface area contributed by atoms with Crippen LogP contribution >= 0.6 is 0 Å². The predicted octanol–water partition coefficient (Wildman–Crippen LogP) is -0.627. The molecule has 7 rings (SSSR count). The van der Waals surface area contributed by atoms with Crippen molar-refractivity contribution in [1.29, 1.82) is 0 Å². The van der Waals surface area contributed by atoms with E-state index in [1.165, 1.54) is 28.3 Å². The van der Waals surface area contributed by atoms with E-state index in [0.717, 1.165) is 0 Å². The molecule has 0 amide bonds. The van der Waals surface area contributed by atoms with Gasteiger partial charge in [-0.1, -0.05) is 18.2 Å². The molecule has 0 radical (unpaired) electrons. The average Bonchev–Trinajstić information content (AvgIpc) is 3.38. The van der Waals surface area contributed by atoms with Crippen molar-refractivity contribution in [2.24, 2.45) is 28.6 Å². The summed E-state index contributed by atoms with van der Waals surface area (Å²) in [6, 6.07) is 7.61. The van der Waals surface area contributed by atoms with Crippen LogP contribution in [0.2, 0.25) is 0 Å². The van der Waals surface area contributed by atoms with E-state index in [-0.39, 0.29) is 18.6 Å². The molecule has 1 saturated heterocycles. The van der Waals surface area contributed by atoms with Crippen LogP contribution in [0.4, 0.5) is 0 Å². The highest BCUT2D eigenvalue weighted by Gasteiger charge is 2.96. The van der Waals surface area contributed by atoms with Gasteiger partial charge in [0.2, 0.25) is 0 Å². The van der Waals surface area contributed by atoms with Gasteiger partial charge in [0, 0.05) is 83.5 Å². The third-order valence-corrected chi connectivity index (χ3v) is 12.9. The third kappa shape index (κ3) is 3.41. The Hall–Kier alpha value is -2.20. The molecule has 4 N–H and O–H groups in total. The number of ether oxygens (including phenoxy) is 6. The lowest BCUT2D eigenvalue weighted by molar-refractivity contribution is -0.353. The van der Waals surface area contributed by atoms with E-state index >= 15 is 0 Å². The second-order valence-corrected chi connectivity index (χ2v) is 14.4. The Morgan fingerprint density at radius 3 is 2.26 bits per heavy atom.